The van der Waals surface area contributed by atoms with Crippen LogP contribution in [0.1, 0.15) is 96.8 Å². The van der Waals surface area contributed by atoms with Gasteiger partial charge < -0.3 is 5.11 Å². The van der Waals surface area contributed by atoms with Crippen LogP contribution in [0.2, 0.25) is 0 Å². The van der Waals surface area contributed by atoms with Gasteiger partial charge in [-0.3, -0.25) is 0 Å². The van der Waals surface area contributed by atoms with Gasteiger partial charge in [-0.2, -0.15) is 0 Å². The Morgan fingerprint density at radius 2 is 1.32 bits per heavy atom. The summed E-state index contributed by atoms with van der Waals surface area (Å²) in [6.45, 7) is 2.27. The van der Waals surface area contributed by atoms with Crippen molar-refractivity contribution in [2.75, 3.05) is 0 Å². The van der Waals surface area contributed by atoms with Crippen molar-refractivity contribution in [1.29, 1.82) is 0 Å². The highest BCUT2D eigenvalue weighted by Gasteiger charge is 1.92. The van der Waals surface area contributed by atoms with E-state index >= 15 is 0 Å². The van der Waals surface area contributed by atoms with Gasteiger partial charge in [0.25, 0.3) is 0 Å². The largest absolute Gasteiger partial charge is 0.472 e. The number of hydrogen-bond donors (Lipinski definition) is 1. The van der Waals surface area contributed by atoms with Gasteiger partial charge in [0.15, 0.2) is 0 Å². The van der Waals surface area contributed by atoms with Crippen molar-refractivity contribution in [2.45, 2.75) is 96.8 Å². The second-order valence-corrected chi connectivity index (χ2v) is 5.94. The molecule has 0 saturated carbocycles. The van der Waals surface area contributed by atoms with Gasteiger partial charge in [-0.1, -0.05) is 82.8 Å². The molecular weight excluding hydrogens is 272 g/mol. The SMILES string of the molecule is CCCCCCCCCCCC/C=C\CCCC#CC(=O)O. The first-order valence-electron chi connectivity index (χ1n) is 9.14. The Balaban J connectivity index is 3.15. The summed E-state index contributed by atoms with van der Waals surface area (Å²) < 4.78 is 0. The van der Waals surface area contributed by atoms with Crippen LogP contribution in [0.5, 0.6) is 0 Å². The lowest BCUT2D eigenvalue weighted by molar-refractivity contribution is -0.130. The zero-order valence-corrected chi connectivity index (χ0v) is 14.4. The smallest absolute Gasteiger partial charge is 0.381 e. The van der Waals surface area contributed by atoms with E-state index in [1.54, 1.807) is 0 Å². The van der Waals surface area contributed by atoms with Crippen molar-refractivity contribution in [2.24, 2.45) is 0 Å². The molecule has 0 unspecified atom stereocenters. The van der Waals surface area contributed by atoms with E-state index in [1.807, 2.05) is 0 Å². The number of rotatable bonds is 14. The standard InChI is InChI=1S/C20H34O2/c1-2-3-4-5-6-7-8-9-10-11-12-13-14-15-16-17-18-19-20(21)22/h13-14H,2-12,15-17H2,1H3,(H,21,22)/b14-13-. The van der Waals surface area contributed by atoms with E-state index in [0.717, 1.165) is 12.8 Å². The molecule has 22 heavy (non-hydrogen) atoms. The normalized spacial score (nSPS) is 10.6. The summed E-state index contributed by atoms with van der Waals surface area (Å²) in [5, 5.41) is 8.35. The number of carboxylic acids is 1. The minimum Gasteiger partial charge on any atom is -0.472 e. The average molecular weight is 306 g/mol. The van der Waals surface area contributed by atoms with Gasteiger partial charge in [-0.25, -0.2) is 4.79 Å². The average Bonchev–Trinajstić information content (AvgIpc) is 2.50. The second-order valence-electron chi connectivity index (χ2n) is 5.94. The van der Waals surface area contributed by atoms with E-state index < -0.39 is 5.97 Å². The molecule has 0 atom stereocenters. The third-order valence-corrected chi connectivity index (χ3v) is 3.76. The monoisotopic (exact) mass is 306 g/mol. The lowest BCUT2D eigenvalue weighted by Gasteiger charge is -2.01. The Bertz CT molecular complexity index is 333. The van der Waals surface area contributed by atoms with Crippen LogP contribution in [-0.4, -0.2) is 11.1 Å². The zero-order chi connectivity index (χ0) is 16.3. The fourth-order valence-electron chi connectivity index (χ4n) is 2.43. The number of hydrogen-bond acceptors (Lipinski definition) is 1. The van der Waals surface area contributed by atoms with Gasteiger partial charge in [0.05, 0.1) is 0 Å². The van der Waals surface area contributed by atoms with Crippen molar-refractivity contribution >= 4 is 5.97 Å². The van der Waals surface area contributed by atoms with Crippen LogP contribution in [0.4, 0.5) is 0 Å². The minimum absolute atomic E-state index is 0.675. The first-order chi connectivity index (χ1) is 10.8. The molecule has 0 aliphatic carbocycles. The number of allylic oxidation sites excluding steroid dienone is 2. The molecule has 0 bridgehead atoms. The molecular formula is C20H34O2. The molecule has 0 aromatic carbocycles. The van der Waals surface area contributed by atoms with Crippen LogP contribution in [0.15, 0.2) is 12.2 Å². The number of carbonyl (C=O) groups is 1. The Morgan fingerprint density at radius 1 is 0.818 bits per heavy atom. The molecule has 0 aromatic heterocycles. The summed E-state index contributed by atoms with van der Waals surface area (Å²) >= 11 is 0. The molecule has 0 aliphatic heterocycles. The summed E-state index contributed by atoms with van der Waals surface area (Å²) in [6.07, 6.45) is 22.1. The summed E-state index contributed by atoms with van der Waals surface area (Å²) in [5.41, 5.74) is 0. The summed E-state index contributed by atoms with van der Waals surface area (Å²) in [5.74, 6) is 3.75. The molecule has 0 aromatic rings. The molecule has 0 radical (unpaired) electrons. The third-order valence-electron chi connectivity index (χ3n) is 3.76. The Labute approximate surface area is 137 Å². The van der Waals surface area contributed by atoms with Crippen molar-refractivity contribution < 1.29 is 9.90 Å². The highest BCUT2D eigenvalue weighted by atomic mass is 16.4. The summed E-state index contributed by atoms with van der Waals surface area (Å²) in [7, 11) is 0. The summed E-state index contributed by atoms with van der Waals surface area (Å²) in [6, 6.07) is 0. The maximum Gasteiger partial charge on any atom is 0.381 e. The van der Waals surface area contributed by atoms with Crippen molar-refractivity contribution in [3.63, 3.8) is 0 Å². The molecule has 2 nitrogen and oxygen atoms in total. The van der Waals surface area contributed by atoms with E-state index in [0.29, 0.717) is 6.42 Å². The Morgan fingerprint density at radius 3 is 1.86 bits per heavy atom. The van der Waals surface area contributed by atoms with Gasteiger partial charge in [0, 0.05) is 12.3 Å². The van der Waals surface area contributed by atoms with Crippen LogP contribution in [-0.2, 0) is 4.79 Å². The molecule has 126 valence electrons. The van der Waals surface area contributed by atoms with Gasteiger partial charge in [-0.05, 0) is 25.7 Å². The molecule has 0 rings (SSSR count). The van der Waals surface area contributed by atoms with Crippen LogP contribution >= 0.6 is 0 Å². The lowest BCUT2D eigenvalue weighted by atomic mass is 10.1. The molecule has 0 amide bonds. The fourth-order valence-corrected chi connectivity index (χ4v) is 2.43. The molecule has 0 fully saturated rings. The third kappa shape index (κ3) is 18.8. The predicted molar refractivity (Wildman–Crippen MR) is 94.9 cm³/mol. The van der Waals surface area contributed by atoms with Crippen LogP contribution < -0.4 is 0 Å². The number of unbranched alkanes of at least 4 members (excludes halogenated alkanes) is 12. The molecule has 0 spiro atoms. The maximum atomic E-state index is 10.2. The highest BCUT2D eigenvalue weighted by Crippen LogP contribution is 2.11. The zero-order valence-electron chi connectivity index (χ0n) is 14.4. The van der Waals surface area contributed by atoms with E-state index in [1.165, 1.54) is 70.6 Å². The Hall–Kier alpha value is -1.23. The number of carboxylic acid groups (broad SMARTS) is 1. The predicted octanol–water partition coefficient (Wildman–Crippen LogP) is 6.11. The van der Waals surface area contributed by atoms with Crippen molar-refractivity contribution in [3.05, 3.63) is 12.2 Å². The first-order valence-corrected chi connectivity index (χ1v) is 9.14. The van der Waals surface area contributed by atoms with Crippen molar-refractivity contribution in [3.8, 4) is 11.8 Å². The van der Waals surface area contributed by atoms with Gasteiger partial charge >= 0.3 is 5.97 Å². The lowest BCUT2D eigenvalue weighted by Crippen LogP contribution is -1.86. The van der Waals surface area contributed by atoms with Gasteiger partial charge in [-0.15, -0.1) is 0 Å². The molecule has 2 heteroatoms. The fraction of sp³-hybridized carbons (Fsp3) is 0.750. The van der Waals surface area contributed by atoms with E-state index in [9.17, 15) is 4.79 Å². The van der Waals surface area contributed by atoms with Crippen molar-refractivity contribution in [1.82, 2.24) is 0 Å². The molecule has 0 heterocycles. The quantitative estimate of drug-likeness (QED) is 0.239. The van der Waals surface area contributed by atoms with Crippen LogP contribution in [0, 0.1) is 11.8 Å². The molecule has 0 saturated heterocycles. The van der Waals surface area contributed by atoms with Gasteiger partial charge in [0.2, 0.25) is 0 Å². The van der Waals surface area contributed by atoms with Crippen LogP contribution in [0.25, 0.3) is 0 Å². The van der Waals surface area contributed by atoms with Gasteiger partial charge in [0.1, 0.15) is 0 Å². The number of aliphatic carboxylic acids is 1. The maximum absolute atomic E-state index is 10.2. The molecule has 1 N–H and O–H groups in total. The molecule has 0 aliphatic rings. The highest BCUT2D eigenvalue weighted by molar-refractivity contribution is 5.86. The first kappa shape index (κ1) is 20.8. The minimum atomic E-state index is -1.03. The van der Waals surface area contributed by atoms with E-state index in [-0.39, 0.29) is 0 Å². The Kier molecular flexibility index (Phi) is 16.8. The second kappa shape index (κ2) is 17.8. The van der Waals surface area contributed by atoms with Crippen LogP contribution in [0.3, 0.4) is 0 Å². The van der Waals surface area contributed by atoms with E-state index in [2.05, 4.69) is 30.9 Å². The summed E-state index contributed by atoms with van der Waals surface area (Å²) in [4.78, 5) is 10.2. The topological polar surface area (TPSA) is 37.3 Å². The van der Waals surface area contributed by atoms with E-state index in [4.69, 9.17) is 5.11 Å².